The number of Topliss-reactive ketones (excluding diaryl/α,β-unsaturated/α-hetero) is 1. The number of alkyl carbamates (subject to hydrolysis) is 1. The minimum atomic E-state index is -4.11. The number of hydrogen-bond donors (Lipinski definition) is 1. The number of phosphoric ester groups is 1. The molecule has 1 unspecified atom stereocenters. The molecule has 1 amide bonds. The van der Waals surface area contributed by atoms with Crippen LogP contribution in [0.15, 0.2) is 0 Å². The number of ketones is 1. The van der Waals surface area contributed by atoms with Gasteiger partial charge in [-0.15, -0.1) is 0 Å². The van der Waals surface area contributed by atoms with Crippen LogP contribution in [0.1, 0.15) is 76.2 Å². The van der Waals surface area contributed by atoms with Crippen molar-refractivity contribution in [2.24, 2.45) is 0 Å². The topological polar surface area (TPSA) is 109 Å². The van der Waals surface area contributed by atoms with E-state index in [2.05, 4.69) is 39.2 Å². The standard InChI is InChI=1S/C22H46NO8PSi/c1-16(14-28-33(12,13)22(9,10)11)30-32(26,31-21(6,7)8)27-15-18(17(2)24)23-19(25)29-20(3,4)5/h16,18H,14-15H2,1-13H3,(H,23,25)/t16-,18+,32?/m1/s1. The van der Waals surface area contributed by atoms with Crippen molar-refractivity contribution in [3.05, 3.63) is 0 Å². The molecule has 0 aromatic heterocycles. The van der Waals surface area contributed by atoms with Gasteiger partial charge in [0.2, 0.25) is 0 Å². The normalized spacial score (nSPS) is 17.1. The molecular formula is C22H46NO8PSi. The molecule has 0 fully saturated rings. The number of rotatable bonds is 11. The highest BCUT2D eigenvalue weighted by atomic mass is 31.2. The van der Waals surface area contributed by atoms with E-state index in [9.17, 15) is 14.2 Å². The lowest BCUT2D eigenvalue weighted by molar-refractivity contribution is -0.119. The van der Waals surface area contributed by atoms with Crippen LogP contribution in [0.2, 0.25) is 18.1 Å². The highest BCUT2D eigenvalue weighted by Crippen LogP contribution is 2.53. The van der Waals surface area contributed by atoms with Crippen molar-refractivity contribution in [1.82, 2.24) is 5.32 Å². The number of carbonyl (C=O) groups excluding carboxylic acids is 2. The third-order valence-electron chi connectivity index (χ3n) is 4.76. The molecule has 1 N–H and O–H groups in total. The Balaban J connectivity index is 5.34. The van der Waals surface area contributed by atoms with Crippen LogP contribution in [0.4, 0.5) is 4.79 Å². The number of phosphoric acid groups is 1. The minimum absolute atomic E-state index is 0.0108. The molecule has 196 valence electrons. The second kappa shape index (κ2) is 11.8. The molecule has 0 aliphatic carbocycles. The van der Waals surface area contributed by atoms with Crippen molar-refractivity contribution in [3.63, 3.8) is 0 Å². The maximum Gasteiger partial charge on any atom is 0.475 e. The van der Waals surface area contributed by atoms with Gasteiger partial charge in [-0.25, -0.2) is 9.36 Å². The van der Waals surface area contributed by atoms with Crippen LogP contribution in [0.25, 0.3) is 0 Å². The summed E-state index contributed by atoms with van der Waals surface area (Å²) >= 11 is 0. The Labute approximate surface area is 201 Å². The monoisotopic (exact) mass is 511 g/mol. The zero-order valence-electron chi connectivity index (χ0n) is 22.8. The summed E-state index contributed by atoms with van der Waals surface area (Å²) in [5, 5.41) is 2.45. The van der Waals surface area contributed by atoms with Gasteiger partial charge in [0.15, 0.2) is 14.1 Å². The lowest BCUT2D eigenvalue weighted by Crippen LogP contribution is -2.45. The Kier molecular flexibility index (Phi) is 11.5. The molecule has 0 aromatic carbocycles. The Morgan fingerprint density at radius 3 is 1.85 bits per heavy atom. The van der Waals surface area contributed by atoms with Crippen molar-refractivity contribution in [3.8, 4) is 0 Å². The Bertz CT molecular complexity index is 707. The molecule has 0 saturated heterocycles. The highest BCUT2D eigenvalue weighted by molar-refractivity contribution is 7.48. The van der Waals surface area contributed by atoms with Gasteiger partial charge in [-0.05, 0) is 73.5 Å². The van der Waals surface area contributed by atoms with Gasteiger partial charge >= 0.3 is 13.9 Å². The van der Waals surface area contributed by atoms with E-state index in [1.165, 1.54) is 6.92 Å². The lowest BCUT2D eigenvalue weighted by atomic mass is 10.2. The molecule has 0 bridgehead atoms. The molecule has 0 heterocycles. The van der Waals surface area contributed by atoms with E-state index in [0.29, 0.717) is 0 Å². The van der Waals surface area contributed by atoms with Crippen LogP contribution >= 0.6 is 7.82 Å². The van der Waals surface area contributed by atoms with Gasteiger partial charge in [-0.2, -0.15) is 0 Å². The third-order valence-corrected chi connectivity index (χ3v) is 11.1. The highest BCUT2D eigenvalue weighted by Gasteiger charge is 2.40. The van der Waals surface area contributed by atoms with Crippen LogP contribution < -0.4 is 5.32 Å². The molecule has 33 heavy (non-hydrogen) atoms. The van der Waals surface area contributed by atoms with E-state index in [0.717, 1.165) is 0 Å². The molecule has 0 aromatic rings. The van der Waals surface area contributed by atoms with Crippen molar-refractivity contribution < 1.29 is 36.9 Å². The predicted molar refractivity (Wildman–Crippen MR) is 132 cm³/mol. The van der Waals surface area contributed by atoms with Crippen molar-refractivity contribution in [1.29, 1.82) is 0 Å². The van der Waals surface area contributed by atoms with E-state index in [1.807, 2.05) is 0 Å². The number of nitrogens with one attached hydrogen (secondary N) is 1. The second-order valence-corrected chi connectivity index (χ2v) is 18.1. The molecule has 0 spiro atoms. The first-order chi connectivity index (χ1) is 14.5. The van der Waals surface area contributed by atoms with Gasteiger partial charge in [-0.1, -0.05) is 20.8 Å². The average Bonchev–Trinajstić information content (AvgIpc) is 2.52. The van der Waals surface area contributed by atoms with Crippen LogP contribution in [0.3, 0.4) is 0 Å². The molecule has 0 rings (SSSR count). The zero-order chi connectivity index (χ0) is 26.5. The van der Waals surface area contributed by atoms with E-state index in [-0.39, 0.29) is 11.6 Å². The third kappa shape index (κ3) is 13.6. The summed E-state index contributed by atoms with van der Waals surface area (Å²) in [7, 11) is -6.14. The van der Waals surface area contributed by atoms with E-state index in [4.69, 9.17) is 22.7 Å². The minimum Gasteiger partial charge on any atom is -0.444 e. The molecule has 3 atom stereocenters. The first-order valence-electron chi connectivity index (χ1n) is 11.2. The van der Waals surface area contributed by atoms with Crippen molar-refractivity contribution >= 4 is 28.0 Å². The predicted octanol–water partition coefficient (Wildman–Crippen LogP) is 5.84. The molecular weight excluding hydrogens is 465 g/mol. The summed E-state index contributed by atoms with van der Waals surface area (Å²) in [6.45, 7) is 23.7. The largest absolute Gasteiger partial charge is 0.475 e. The first-order valence-corrected chi connectivity index (χ1v) is 15.6. The number of amides is 1. The van der Waals surface area contributed by atoms with Crippen LogP contribution in [0, 0.1) is 0 Å². The van der Waals surface area contributed by atoms with Crippen LogP contribution in [0.5, 0.6) is 0 Å². The molecule has 11 heteroatoms. The van der Waals surface area contributed by atoms with E-state index < -0.39 is 58.0 Å². The smallest absolute Gasteiger partial charge is 0.444 e. The number of hydrogen-bond acceptors (Lipinski definition) is 8. The summed E-state index contributed by atoms with van der Waals surface area (Å²) in [6, 6.07) is -1.08. The summed E-state index contributed by atoms with van der Waals surface area (Å²) in [4.78, 5) is 24.1. The van der Waals surface area contributed by atoms with Gasteiger partial charge in [0.25, 0.3) is 0 Å². The van der Waals surface area contributed by atoms with Gasteiger partial charge in [-0.3, -0.25) is 18.4 Å². The Morgan fingerprint density at radius 1 is 0.939 bits per heavy atom. The molecule has 9 nitrogen and oxygen atoms in total. The average molecular weight is 512 g/mol. The maximum absolute atomic E-state index is 13.4. The number of ether oxygens (including phenoxy) is 1. The SMILES string of the molecule is CC(=O)[C@H](COP(=O)(O[C@H](C)CO[Si](C)(C)C(C)(C)C)OC(C)(C)C)NC(=O)OC(C)(C)C. The van der Waals surface area contributed by atoms with Gasteiger partial charge in [0.1, 0.15) is 11.6 Å². The van der Waals surface area contributed by atoms with Crippen molar-refractivity contribution in [2.45, 2.75) is 118 Å². The second-order valence-electron chi connectivity index (χ2n) is 11.7. The van der Waals surface area contributed by atoms with E-state index >= 15 is 0 Å². The molecule has 0 radical (unpaired) electrons. The first kappa shape index (κ1) is 32.2. The van der Waals surface area contributed by atoms with Crippen molar-refractivity contribution in [2.75, 3.05) is 13.2 Å². The zero-order valence-corrected chi connectivity index (χ0v) is 24.7. The maximum atomic E-state index is 13.4. The Hall–Kier alpha value is -0.773. The molecule has 0 aliphatic rings. The van der Waals surface area contributed by atoms with E-state index in [1.54, 1.807) is 48.5 Å². The fourth-order valence-corrected chi connectivity index (χ4v) is 4.83. The molecule has 0 saturated carbocycles. The summed E-state index contributed by atoms with van der Waals surface area (Å²) < 4.78 is 41.6. The van der Waals surface area contributed by atoms with Gasteiger partial charge < -0.3 is 14.5 Å². The fourth-order valence-electron chi connectivity index (χ4n) is 2.08. The summed E-state index contributed by atoms with van der Waals surface area (Å²) in [5.74, 6) is -0.391. The number of carbonyl (C=O) groups is 2. The fraction of sp³-hybridized carbons (Fsp3) is 0.909. The lowest BCUT2D eigenvalue weighted by Gasteiger charge is -2.37. The molecule has 0 aliphatic heterocycles. The van der Waals surface area contributed by atoms with Gasteiger partial charge in [0.05, 0.1) is 24.9 Å². The summed E-state index contributed by atoms with van der Waals surface area (Å²) in [5.41, 5.74) is -1.58. The van der Waals surface area contributed by atoms with Crippen LogP contribution in [-0.4, -0.2) is 56.8 Å². The van der Waals surface area contributed by atoms with Crippen LogP contribution in [-0.2, 0) is 32.1 Å². The van der Waals surface area contributed by atoms with Gasteiger partial charge in [0, 0.05) is 0 Å². The Morgan fingerprint density at radius 2 is 1.45 bits per heavy atom. The summed E-state index contributed by atoms with van der Waals surface area (Å²) in [6.07, 6.45) is -1.38. The quantitative estimate of drug-likeness (QED) is 0.272.